The highest BCUT2D eigenvalue weighted by Gasteiger charge is 2.20. The van der Waals surface area contributed by atoms with Crippen LogP contribution in [0.25, 0.3) is 0 Å². The number of hydrogen-bond donors (Lipinski definition) is 0. The van der Waals surface area contributed by atoms with Crippen LogP contribution in [0, 0.1) is 5.92 Å². The Morgan fingerprint density at radius 1 is 1.60 bits per heavy atom. The maximum absolute atomic E-state index is 10.1. The molecule has 1 aliphatic carbocycles. The van der Waals surface area contributed by atoms with Gasteiger partial charge >= 0.3 is 0 Å². The van der Waals surface area contributed by atoms with Crippen LogP contribution in [0.15, 0.2) is 0 Å². The minimum atomic E-state index is 0.896. The van der Waals surface area contributed by atoms with Gasteiger partial charge in [-0.3, -0.25) is 4.79 Å². The van der Waals surface area contributed by atoms with Gasteiger partial charge < -0.3 is 4.90 Å². The fourth-order valence-corrected chi connectivity index (χ4v) is 1.09. The van der Waals surface area contributed by atoms with E-state index in [0.717, 1.165) is 18.9 Å². The van der Waals surface area contributed by atoms with Crippen LogP contribution >= 0.6 is 0 Å². The van der Waals surface area contributed by atoms with Gasteiger partial charge in [-0.2, -0.15) is 0 Å². The quantitative estimate of drug-likeness (QED) is 0.528. The van der Waals surface area contributed by atoms with Gasteiger partial charge in [0.2, 0.25) is 6.41 Å². The summed E-state index contributed by atoms with van der Waals surface area (Å²) in [5.74, 6) is 1.00. The molecule has 58 valence electrons. The Labute approximate surface area is 62.2 Å². The van der Waals surface area contributed by atoms with Crippen LogP contribution in [-0.4, -0.2) is 24.9 Å². The first-order valence-corrected chi connectivity index (χ1v) is 3.98. The zero-order valence-electron chi connectivity index (χ0n) is 6.55. The van der Waals surface area contributed by atoms with Gasteiger partial charge in [0.15, 0.2) is 0 Å². The molecule has 2 heteroatoms. The van der Waals surface area contributed by atoms with Gasteiger partial charge in [0, 0.05) is 13.6 Å². The molecule has 0 radical (unpaired) electrons. The summed E-state index contributed by atoms with van der Waals surface area (Å²) in [6, 6.07) is 0. The summed E-state index contributed by atoms with van der Waals surface area (Å²) in [6.45, 7) is 0.931. The summed E-state index contributed by atoms with van der Waals surface area (Å²) in [4.78, 5) is 11.8. The summed E-state index contributed by atoms with van der Waals surface area (Å²) >= 11 is 0. The van der Waals surface area contributed by atoms with Crippen LogP contribution < -0.4 is 0 Å². The van der Waals surface area contributed by atoms with Crippen molar-refractivity contribution in [2.75, 3.05) is 13.6 Å². The van der Waals surface area contributed by atoms with E-state index in [9.17, 15) is 4.79 Å². The summed E-state index contributed by atoms with van der Waals surface area (Å²) in [5.41, 5.74) is 0. The van der Waals surface area contributed by atoms with E-state index in [0.29, 0.717) is 0 Å². The first kappa shape index (κ1) is 7.58. The monoisotopic (exact) mass is 141 g/mol. The average Bonchev–Trinajstić information content (AvgIpc) is 2.71. The number of carbonyl (C=O) groups excluding carboxylic acids is 1. The zero-order valence-corrected chi connectivity index (χ0v) is 6.55. The second kappa shape index (κ2) is 3.59. The molecule has 0 aliphatic heterocycles. The van der Waals surface area contributed by atoms with Crippen molar-refractivity contribution < 1.29 is 4.79 Å². The molecule has 10 heavy (non-hydrogen) atoms. The molecule has 0 saturated heterocycles. The van der Waals surface area contributed by atoms with Crippen LogP contribution in [0.2, 0.25) is 0 Å². The largest absolute Gasteiger partial charge is 0.348 e. The van der Waals surface area contributed by atoms with E-state index in [1.165, 1.54) is 25.7 Å². The number of carbonyl (C=O) groups is 1. The predicted molar refractivity (Wildman–Crippen MR) is 40.7 cm³/mol. The summed E-state index contributed by atoms with van der Waals surface area (Å²) in [6.07, 6.45) is 6.24. The van der Waals surface area contributed by atoms with Crippen molar-refractivity contribution in [1.29, 1.82) is 0 Å². The molecule has 1 amide bonds. The van der Waals surface area contributed by atoms with Crippen molar-refractivity contribution in [3.8, 4) is 0 Å². The minimum absolute atomic E-state index is 0.896. The molecule has 1 rings (SSSR count). The van der Waals surface area contributed by atoms with E-state index in [4.69, 9.17) is 0 Å². The van der Waals surface area contributed by atoms with Crippen LogP contribution in [0.5, 0.6) is 0 Å². The Kier molecular flexibility index (Phi) is 2.72. The molecule has 2 nitrogen and oxygen atoms in total. The lowest BCUT2D eigenvalue weighted by atomic mass is 10.2. The standard InChI is InChI=1S/C8H15NO/c1-9(7-10)6-2-3-8-4-5-8/h7-8H,2-6H2,1H3. The summed E-state index contributed by atoms with van der Waals surface area (Å²) in [5, 5.41) is 0. The third-order valence-corrected chi connectivity index (χ3v) is 2.00. The van der Waals surface area contributed by atoms with Crippen LogP contribution in [0.4, 0.5) is 0 Å². The van der Waals surface area contributed by atoms with Gasteiger partial charge in [-0.15, -0.1) is 0 Å². The first-order valence-electron chi connectivity index (χ1n) is 3.98. The SMILES string of the molecule is CN(C=O)CCCC1CC1. The molecule has 1 aliphatic rings. The molecule has 0 aromatic carbocycles. The Balaban J connectivity index is 1.88. The number of amides is 1. The second-order valence-corrected chi connectivity index (χ2v) is 3.17. The highest BCUT2D eigenvalue weighted by Crippen LogP contribution is 2.33. The molecular weight excluding hydrogens is 126 g/mol. The Hall–Kier alpha value is -0.530. The van der Waals surface area contributed by atoms with Crippen molar-refractivity contribution >= 4 is 6.41 Å². The van der Waals surface area contributed by atoms with E-state index >= 15 is 0 Å². The molecule has 1 fully saturated rings. The van der Waals surface area contributed by atoms with Crippen LogP contribution in [-0.2, 0) is 4.79 Å². The fourth-order valence-electron chi connectivity index (χ4n) is 1.09. The normalized spacial score (nSPS) is 16.9. The molecule has 0 unspecified atom stereocenters. The Bertz CT molecular complexity index is 110. The van der Waals surface area contributed by atoms with Gasteiger partial charge in [0.25, 0.3) is 0 Å². The topological polar surface area (TPSA) is 20.3 Å². The van der Waals surface area contributed by atoms with E-state index < -0.39 is 0 Å². The van der Waals surface area contributed by atoms with Gasteiger partial charge in [-0.05, 0) is 18.8 Å². The second-order valence-electron chi connectivity index (χ2n) is 3.17. The lowest BCUT2D eigenvalue weighted by molar-refractivity contribution is -0.117. The summed E-state index contributed by atoms with van der Waals surface area (Å²) in [7, 11) is 1.83. The van der Waals surface area contributed by atoms with E-state index in [2.05, 4.69) is 0 Å². The highest BCUT2D eigenvalue weighted by molar-refractivity contribution is 5.46. The van der Waals surface area contributed by atoms with Crippen molar-refractivity contribution in [2.24, 2.45) is 5.92 Å². The molecule has 1 saturated carbocycles. The molecular formula is C8H15NO. The molecule has 0 spiro atoms. The maximum Gasteiger partial charge on any atom is 0.209 e. The summed E-state index contributed by atoms with van der Waals surface area (Å²) < 4.78 is 0. The van der Waals surface area contributed by atoms with E-state index in [-0.39, 0.29) is 0 Å². The fraction of sp³-hybridized carbons (Fsp3) is 0.875. The predicted octanol–water partition coefficient (Wildman–Crippen LogP) is 1.26. The maximum atomic E-state index is 10.1. The average molecular weight is 141 g/mol. The van der Waals surface area contributed by atoms with E-state index in [1.54, 1.807) is 4.90 Å². The van der Waals surface area contributed by atoms with Crippen molar-refractivity contribution in [2.45, 2.75) is 25.7 Å². The smallest absolute Gasteiger partial charge is 0.209 e. The van der Waals surface area contributed by atoms with Crippen LogP contribution in [0.1, 0.15) is 25.7 Å². The number of rotatable bonds is 5. The molecule has 0 atom stereocenters. The Morgan fingerprint density at radius 3 is 2.80 bits per heavy atom. The van der Waals surface area contributed by atoms with E-state index in [1.807, 2.05) is 7.05 Å². The first-order chi connectivity index (χ1) is 4.83. The molecule has 0 aromatic rings. The van der Waals surface area contributed by atoms with Crippen molar-refractivity contribution in [1.82, 2.24) is 4.90 Å². The zero-order chi connectivity index (χ0) is 7.40. The molecule has 0 aromatic heterocycles. The highest BCUT2D eigenvalue weighted by atomic mass is 16.1. The van der Waals surface area contributed by atoms with Gasteiger partial charge in [0.05, 0.1) is 0 Å². The van der Waals surface area contributed by atoms with Gasteiger partial charge in [-0.25, -0.2) is 0 Å². The van der Waals surface area contributed by atoms with Crippen molar-refractivity contribution in [3.63, 3.8) is 0 Å². The van der Waals surface area contributed by atoms with Gasteiger partial charge in [-0.1, -0.05) is 12.8 Å². The third-order valence-electron chi connectivity index (χ3n) is 2.00. The molecule has 0 heterocycles. The van der Waals surface area contributed by atoms with Crippen molar-refractivity contribution in [3.05, 3.63) is 0 Å². The third kappa shape index (κ3) is 2.85. The minimum Gasteiger partial charge on any atom is -0.348 e. The van der Waals surface area contributed by atoms with Crippen LogP contribution in [0.3, 0.4) is 0 Å². The molecule has 0 bridgehead atoms. The lowest BCUT2D eigenvalue weighted by Crippen LogP contribution is -2.16. The Morgan fingerprint density at radius 2 is 2.30 bits per heavy atom. The lowest BCUT2D eigenvalue weighted by Gasteiger charge is -2.08. The molecule has 0 N–H and O–H groups in total. The number of nitrogens with zero attached hydrogens (tertiary/aromatic N) is 1. The number of hydrogen-bond acceptors (Lipinski definition) is 1. The van der Waals surface area contributed by atoms with Gasteiger partial charge in [0.1, 0.15) is 0 Å².